The molecular formula is C22H23N3O2. The zero-order valence-electron chi connectivity index (χ0n) is 16.0. The molecule has 0 radical (unpaired) electrons. The highest BCUT2D eigenvalue weighted by Gasteiger charge is 2.12. The molecule has 0 fully saturated rings. The van der Waals surface area contributed by atoms with Crippen LogP contribution in [0.4, 0.5) is 5.69 Å². The second-order valence-electron chi connectivity index (χ2n) is 6.85. The molecule has 0 saturated heterocycles. The van der Waals surface area contributed by atoms with E-state index in [0.717, 1.165) is 33.5 Å². The van der Waals surface area contributed by atoms with Crippen LogP contribution in [0.1, 0.15) is 22.3 Å². The molecule has 2 aromatic carbocycles. The summed E-state index contributed by atoms with van der Waals surface area (Å²) in [6.07, 6.45) is 0. The summed E-state index contributed by atoms with van der Waals surface area (Å²) >= 11 is 0. The van der Waals surface area contributed by atoms with E-state index in [0.29, 0.717) is 5.69 Å². The molecule has 5 nitrogen and oxygen atoms in total. The van der Waals surface area contributed by atoms with Gasteiger partial charge in [0.2, 0.25) is 5.91 Å². The predicted molar refractivity (Wildman–Crippen MR) is 108 cm³/mol. The van der Waals surface area contributed by atoms with Crippen molar-refractivity contribution in [1.82, 2.24) is 9.78 Å². The zero-order chi connectivity index (χ0) is 19.6. The number of nitrogens with one attached hydrogen (secondary N) is 1. The van der Waals surface area contributed by atoms with Gasteiger partial charge in [-0.3, -0.25) is 9.59 Å². The van der Waals surface area contributed by atoms with E-state index in [1.165, 1.54) is 10.7 Å². The lowest BCUT2D eigenvalue weighted by molar-refractivity contribution is -0.117. The van der Waals surface area contributed by atoms with E-state index < -0.39 is 0 Å². The van der Waals surface area contributed by atoms with Gasteiger partial charge >= 0.3 is 0 Å². The fraction of sp³-hybridized carbons (Fsp3) is 0.227. The zero-order valence-corrected chi connectivity index (χ0v) is 16.0. The summed E-state index contributed by atoms with van der Waals surface area (Å²) in [5, 5.41) is 7.30. The molecule has 3 aromatic rings. The number of carbonyl (C=O) groups is 1. The van der Waals surface area contributed by atoms with Crippen LogP contribution in [-0.4, -0.2) is 15.7 Å². The predicted octanol–water partition coefficient (Wildman–Crippen LogP) is 3.78. The number of aryl methyl sites for hydroxylation is 4. The Kier molecular flexibility index (Phi) is 5.21. The van der Waals surface area contributed by atoms with Crippen LogP contribution in [-0.2, 0) is 11.3 Å². The second-order valence-corrected chi connectivity index (χ2v) is 6.85. The highest BCUT2D eigenvalue weighted by atomic mass is 16.2. The lowest BCUT2D eigenvalue weighted by Gasteiger charge is -2.13. The normalized spacial score (nSPS) is 10.7. The van der Waals surface area contributed by atoms with Gasteiger partial charge in [-0.15, -0.1) is 0 Å². The summed E-state index contributed by atoms with van der Waals surface area (Å²) in [6.45, 7) is 7.79. The van der Waals surface area contributed by atoms with Crippen LogP contribution in [0.25, 0.3) is 11.3 Å². The van der Waals surface area contributed by atoms with Crippen molar-refractivity contribution in [3.63, 3.8) is 0 Å². The van der Waals surface area contributed by atoms with Crippen LogP contribution in [0.2, 0.25) is 0 Å². The van der Waals surface area contributed by atoms with E-state index in [1.54, 1.807) is 6.07 Å². The van der Waals surface area contributed by atoms with Crippen molar-refractivity contribution >= 4 is 11.6 Å². The largest absolute Gasteiger partial charge is 0.324 e. The number of nitrogens with zero attached hydrogens (tertiary/aromatic N) is 2. The van der Waals surface area contributed by atoms with Gasteiger partial charge in [0.15, 0.2) is 0 Å². The molecular weight excluding hydrogens is 338 g/mol. The molecule has 27 heavy (non-hydrogen) atoms. The molecule has 0 aliphatic rings. The average Bonchev–Trinajstić information content (AvgIpc) is 2.60. The van der Waals surface area contributed by atoms with Gasteiger partial charge in [0, 0.05) is 17.3 Å². The third kappa shape index (κ3) is 4.14. The lowest BCUT2D eigenvalue weighted by atomic mass is 10.1. The molecule has 0 unspecified atom stereocenters. The molecule has 138 valence electrons. The van der Waals surface area contributed by atoms with Gasteiger partial charge in [-0.1, -0.05) is 42.0 Å². The Morgan fingerprint density at radius 2 is 1.63 bits per heavy atom. The molecule has 0 aliphatic heterocycles. The molecule has 0 spiro atoms. The highest BCUT2D eigenvalue weighted by molar-refractivity contribution is 5.92. The number of carbonyl (C=O) groups excluding carboxylic acids is 1. The molecule has 0 aliphatic carbocycles. The van der Waals surface area contributed by atoms with Gasteiger partial charge in [-0.05, 0) is 50.5 Å². The second kappa shape index (κ2) is 7.58. The number of rotatable bonds is 4. The van der Waals surface area contributed by atoms with E-state index in [4.69, 9.17) is 0 Å². The Hall–Kier alpha value is -3.21. The first-order chi connectivity index (χ1) is 12.8. The van der Waals surface area contributed by atoms with Crippen molar-refractivity contribution < 1.29 is 4.79 Å². The number of amides is 1. The number of aromatic nitrogens is 2. The molecule has 0 saturated carbocycles. The Morgan fingerprint density at radius 1 is 0.963 bits per heavy atom. The van der Waals surface area contributed by atoms with Gasteiger partial charge in [0.25, 0.3) is 5.56 Å². The van der Waals surface area contributed by atoms with Gasteiger partial charge in [0.05, 0.1) is 5.69 Å². The summed E-state index contributed by atoms with van der Waals surface area (Å²) < 4.78 is 1.20. The molecule has 3 rings (SSSR count). The van der Waals surface area contributed by atoms with E-state index in [-0.39, 0.29) is 18.0 Å². The standard InChI is InChI=1S/C22H23N3O2/c1-14-11-16(3)22(17(4)12-14)23-20(26)13-25-21(27)10-9-19(24-25)18-8-6-5-7-15(18)2/h5-12H,13H2,1-4H3,(H,23,26). The summed E-state index contributed by atoms with van der Waals surface area (Å²) in [6, 6.07) is 15.0. The summed E-state index contributed by atoms with van der Waals surface area (Å²) in [5.74, 6) is -0.276. The van der Waals surface area contributed by atoms with Gasteiger partial charge in [-0.25, -0.2) is 4.68 Å². The maximum atomic E-state index is 12.5. The van der Waals surface area contributed by atoms with E-state index in [1.807, 2.05) is 64.1 Å². The molecule has 1 heterocycles. The minimum Gasteiger partial charge on any atom is -0.324 e. The van der Waals surface area contributed by atoms with Crippen LogP contribution in [0.5, 0.6) is 0 Å². The molecule has 1 N–H and O–H groups in total. The van der Waals surface area contributed by atoms with Crippen molar-refractivity contribution in [3.05, 3.63) is 81.1 Å². The van der Waals surface area contributed by atoms with Crippen molar-refractivity contribution in [2.45, 2.75) is 34.2 Å². The van der Waals surface area contributed by atoms with E-state index in [2.05, 4.69) is 10.4 Å². The minimum absolute atomic E-state index is 0.134. The number of anilines is 1. The third-order valence-corrected chi connectivity index (χ3v) is 4.52. The maximum Gasteiger partial charge on any atom is 0.267 e. The smallest absolute Gasteiger partial charge is 0.267 e. The maximum absolute atomic E-state index is 12.5. The molecule has 5 heteroatoms. The number of hydrogen-bond donors (Lipinski definition) is 1. The van der Waals surface area contributed by atoms with Crippen LogP contribution < -0.4 is 10.9 Å². The van der Waals surface area contributed by atoms with Crippen molar-refractivity contribution in [2.75, 3.05) is 5.32 Å². The summed E-state index contributed by atoms with van der Waals surface area (Å²) in [5.41, 5.74) is 6.29. The van der Waals surface area contributed by atoms with E-state index >= 15 is 0 Å². The van der Waals surface area contributed by atoms with Crippen LogP contribution >= 0.6 is 0 Å². The Morgan fingerprint density at radius 3 is 2.30 bits per heavy atom. The van der Waals surface area contributed by atoms with Crippen molar-refractivity contribution in [1.29, 1.82) is 0 Å². The fourth-order valence-electron chi connectivity index (χ4n) is 3.26. The van der Waals surface area contributed by atoms with E-state index in [9.17, 15) is 9.59 Å². The van der Waals surface area contributed by atoms with Crippen molar-refractivity contribution in [2.24, 2.45) is 0 Å². The lowest BCUT2D eigenvalue weighted by Crippen LogP contribution is -2.29. The Labute approximate surface area is 158 Å². The average molecular weight is 361 g/mol. The van der Waals surface area contributed by atoms with Gasteiger partial charge in [-0.2, -0.15) is 5.10 Å². The summed E-state index contributed by atoms with van der Waals surface area (Å²) in [7, 11) is 0. The fourth-order valence-corrected chi connectivity index (χ4v) is 3.26. The SMILES string of the molecule is Cc1cc(C)c(NC(=O)Cn2nc(-c3ccccc3C)ccc2=O)c(C)c1. The number of benzene rings is 2. The van der Waals surface area contributed by atoms with Gasteiger partial charge < -0.3 is 5.32 Å². The number of hydrogen-bond acceptors (Lipinski definition) is 3. The quantitative estimate of drug-likeness (QED) is 0.769. The van der Waals surface area contributed by atoms with Gasteiger partial charge in [0.1, 0.15) is 6.54 Å². The molecule has 0 atom stereocenters. The van der Waals surface area contributed by atoms with Crippen LogP contribution in [0.15, 0.2) is 53.3 Å². The Bertz CT molecular complexity index is 1040. The summed E-state index contributed by atoms with van der Waals surface area (Å²) in [4.78, 5) is 24.7. The third-order valence-electron chi connectivity index (χ3n) is 4.52. The molecule has 0 bridgehead atoms. The first-order valence-corrected chi connectivity index (χ1v) is 8.87. The topological polar surface area (TPSA) is 64.0 Å². The monoisotopic (exact) mass is 361 g/mol. The first-order valence-electron chi connectivity index (χ1n) is 8.87. The minimum atomic E-state index is -0.306. The molecule has 1 aromatic heterocycles. The van der Waals surface area contributed by atoms with Crippen molar-refractivity contribution in [3.8, 4) is 11.3 Å². The molecule has 1 amide bonds. The Balaban J connectivity index is 1.86. The highest BCUT2D eigenvalue weighted by Crippen LogP contribution is 2.22. The van der Waals surface area contributed by atoms with Crippen LogP contribution in [0, 0.1) is 27.7 Å². The first kappa shape index (κ1) is 18.6. The van der Waals surface area contributed by atoms with Crippen LogP contribution in [0.3, 0.4) is 0 Å².